The van der Waals surface area contributed by atoms with E-state index in [0.717, 1.165) is 5.56 Å². The van der Waals surface area contributed by atoms with E-state index in [2.05, 4.69) is 5.32 Å². The van der Waals surface area contributed by atoms with E-state index in [1.807, 2.05) is 12.1 Å². The minimum Gasteiger partial charge on any atom is -0.493 e. The summed E-state index contributed by atoms with van der Waals surface area (Å²) in [4.78, 5) is 12.8. The van der Waals surface area contributed by atoms with Gasteiger partial charge in [0.05, 0.1) is 19.1 Å². The van der Waals surface area contributed by atoms with Crippen molar-refractivity contribution in [3.63, 3.8) is 0 Å². The van der Waals surface area contributed by atoms with Crippen LogP contribution in [0, 0.1) is 5.92 Å². The van der Waals surface area contributed by atoms with Crippen molar-refractivity contribution in [3.8, 4) is 23.0 Å². The molecule has 10 heteroatoms. The van der Waals surface area contributed by atoms with Crippen molar-refractivity contribution in [1.29, 1.82) is 0 Å². The van der Waals surface area contributed by atoms with Gasteiger partial charge in [-0.05, 0) is 42.7 Å². The summed E-state index contributed by atoms with van der Waals surface area (Å²) in [7, 11) is -0.542. The fraction of sp³-hybridized carbons (Fsp3) is 0.435. The van der Waals surface area contributed by atoms with Gasteiger partial charge < -0.3 is 24.3 Å². The Morgan fingerprint density at radius 1 is 1.00 bits per heavy atom. The largest absolute Gasteiger partial charge is 0.493 e. The quantitative estimate of drug-likeness (QED) is 0.653. The molecule has 2 heterocycles. The molecule has 9 nitrogen and oxygen atoms in total. The third-order valence-electron chi connectivity index (χ3n) is 5.89. The Morgan fingerprint density at radius 3 is 2.39 bits per heavy atom. The number of carbonyl (C=O) groups excluding carboxylic acids is 1. The average molecular weight is 477 g/mol. The Bertz CT molecular complexity index is 1110. The van der Waals surface area contributed by atoms with Crippen molar-refractivity contribution in [2.45, 2.75) is 24.3 Å². The monoisotopic (exact) mass is 476 g/mol. The van der Waals surface area contributed by atoms with Gasteiger partial charge in [-0.25, -0.2) is 8.42 Å². The molecule has 178 valence electrons. The topological polar surface area (TPSA) is 103 Å². The van der Waals surface area contributed by atoms with Gasteiger partial charge in [0.1, 0.15) is 13.2 Å². The van der Waals surface area contributed by atoms with Gasteiger partial charge in [-0.3, -0.25) is 4.79 Å². The van der Waals surface area contributed by atoms with Crippen molar-refractivity contribution in [1.82, 2.24) is 9.62 Å². The van der Waals surface area contributed by atoms with E-state index >= 15 is 0 Å². The molecule has 0 bridgehead atoms. The summed E-state index contributed by atoms with van der Waals surface area (Å²) in [6, 6.07) is 10.1. The molecule has 2 aliphatic rings. The minimum absolute atomic E-state index is 0.0823. The maximum absolute atomic E-state index is 13.1. The molecule has 1 saturated heterocycles. The number of hydrogen-bond acceptors (Lipinski definition) is 7. The smallest absolute Gasteiger partial charge is 0.243 e. The fourth-order valence-electron chi connectivity index (χ4n) is 4.02. The maximum atomic E-state index is 13.1. The Morgan fingerprint density at radius 2 is 1.70 bits per heavy atom. The van der Waals surface area contributed by atoms with Crippen molar-refractivity contribution in [3.05, 3.63) is 42.0 Å². The van der Waals surface area contributed by atoms with Crippen LogP contribution in [0.25, 0.3) is 0 Å². The third kappa shape index (κ3) is 5.01. The number of nitrogens with zero attached hydrogens (tertiary/aromatic N) is 1. The summed E-state index contributed by atoms with van der Waals surface area (Å²) in [6.45, 7) is 1.76. The summed E-state index contributed by atoms with van der Waals surface area (Å²) >= 11 is 0. The number of rotatable bonds is 7. The number of piperidine rings is 1. The lowest BCUT2D eigenvalue weighted by Crippen LogP contribution is -2.42. The highest BCUT2D eigenvalue weighted by atomic mass is 32.2. The zero-order chi connectivity index (χ0) is 23.4. The van der Waals surface area contributed by atoms with Gasteiger partial charge in [0, 0.05) is 31.6 Å². The average Bonchev–Trinajstić information content (AvgIpc) is 2.86. The summed E-state index contributed by atoms with van der Waals surface area (Å²) in [5.41, 5.74) is 0.889. The van der Waals surface area contributed by atoms with Crippen LogP contribution in [0.4, 0.5) is 0 Å². The summed E-state index contributed by atoms with van der Waals surface area (Å²) in [5, 5.41) is 2.94. The van der Waals surface area contributed by atoms with Crippen LogP contribution in [-0.2, 0) is 21.4 Å². The second-order valence-electron chi connectivity index (χ2n) is 7.89. The molecule has 33 heavy (non-hydrogen) atoms. The van der Waals surface area contributed by atoms with Gasteiger partial charge >= 0.3 is 0 Å². The van der Waals surface area contributed by atoms with Crippen molar-refractivity contribution in [2.24, 2.45) is 5.92 Å². The van der Waals surface area contributed by atoms with E-state index in [4.69, 9.17) is 18.9 Å². The van der Waals surface area contributed by atoms with Crippen molar-refractivity contribution in [2.75, 3.05) is 40.5 Å². The Balaban J connectivity index is 1.33. The molecule has 0 aromatic heterocycles. The van der Waals surface area contributed by atoms with Crippen LogP contribution in [0.5, 0.6) is 23.0 Å². The first-order chi connectivity index (χ1) is 15.9. The van der Waals surface area contributed by atoms with Crippen LogP contribution >= 0.6 is 0 Å². The predicted octanol–water partition coefficient (Wildman–Crippen LogP) is 2.19. The first-order valence-electron chi connectivity index (χ1n) is 10.8. The van der Waals surface area contributed by atoms with Gasteiger partial charge in [-0.1, -0.05) is 6.07 Å². The van der Waals surface area contributed by atoms with Gasteiger partial charge in [0.15, 0.2) is 23.0 Å². The number of methoxy groups -OCH3 is 2. The van der Waals surface area contributed by atoms with Crippen LogP contribution in [0.15, 0.2) is 41.3 Å². The predicted molar refractivity (Wildman–Crippen MR) is 120 cm³/mol. The molecule has 2 aromatic carbocycles. The molecular formula is C23H28N2O7S. The standard InChI is InChI=1S/C23H28N2O7S/c1-29-19-5-3-16(13-21(19)30-2)15-24-23(26)17-7-9-25(10-8-17)33(27,28)18-4-6-20-22(14-18)32-12-11-31-20/h3-6,13-14,17H,7-12,15H2,1-2H3,(H,24,26). The lowest BCUT2D eigenvalue weighted by Gasteiger charge is -2.31. The van der Waals surface area contributed by atoms with Crippen LogP contribution in [0.1, 0.15) is 18.4 Å². The second-order valence-corrected chi connectivity index (χ2v) is 9.83. The first-order valence-corrected chi connectivity index (χ1v) is 12.2. The number of carbonyl (C=O) groups is 1. The number of benzene rings is 2. The molecule has 0 aliphatic carbocycles. The minimum atomic E-state index is -3.67. The number of sulfonamides is 1. The molecular weight excluding hydrogens is 448 g/mol. The van der Waals surface area contributed by atoms with Crippen molar-refractivity contribution < 1.29 is 32.2 Å². The molecule has 0 saturated carbocycles. The lowest BCUT2D eigenvalue weighted by atomic mass is 9.97. The summed E-state index contributed by atoms with van der Waals surface area (Å²) < 4.78 is 49.1. The molecule has 0 spiro atoms. The Hall–Kier alpha value is -2.98. The highest BCUT2D eigenvalue weighted by Crippen LogP contribution is 2.34. The van der Waals surface area contributed by atoms with Crippen LogP contribution < -0.4 is 24.3 Å². The third-order valence-corrected chi connectivity index (χ3v) is 7.79. The van der Waals surface area contributed by atoms with E-state index < -0.39 is 10.0 Å². The van der Waals surface area contributed by atoms with Gasteiger partial charge in [-0.2, -0.15) is 4.31 Å². The number of hydrogen-bond donors (Lipinski definition) is 1. The SMILES string of the molecule is COc1ccc(CNC(=O)C2CCN(S(=O)(=O)c3ccc4c(c3)OCCO4)CC2)cc1OC. The number of ether oxygens (including phenoxy) is 4. The van der Waals surface area contributed by atoms with Gasteiger partial charge in [0.25, 0.3) is 0 Å². The second kappa shape index (κ2) is 9.88. The summed E-state index contributed by atoms with van der Waals surface area (Å²) in [6.07, 6.45) is 0.920. The first kappa shape index (κ1) is 23.2. The number of nitrogens with one attached hydrogen (secondary N) is 1. The van der Waals surface area contributed by atoms with E-state index in [1.165, 1.54) is 16.4 Å². The molecule has 0 radical (unpaired) electrons. The normalized spacial score (nSPS) is 16.8. The summed E-state index contributed by atoms with van der Waals surface area (Å²) in [5.74, 6) is 1.89. The van der Waals surface area contributed by atoms with Gasteiger partial charge in [0.2, 0.25) is 15.9 Å². The molecule has 0 unspecified atom stereocenters. The highest BCUT2D eigenvalue weighted by molar-refractivity contribution is 7.89. The fourth-order valence-corrected chi connectivity index (χ4v) is 5.50. The van der Waals surface area contributed by atoms with Crippen molar-refractivity contribution >= 4 is 15.9 Å². The molecule has 2 aliphatic heterocycles. The van der Waals surface area contributed by atoms with Crippen LogP contribution in [0.2, 0.25) is 0 Å². The molecule has 0 atom stereocenters. The van der Waals surface area contributed by atoms with Crippen LogP contribution in [0.3, 0.4) is 0 Å². The lowest BCUT2D eigenvalue weighted by molar-refractivity contribution is -0.126. The van der Waals surface area contributed by atoms with E-state index in [0.29, 0.717) is 55.6 Å². The molecule has 2 aromatic rings. The van der Waals surface area contributed by atoms with Crippen LogP contribution in [-0.4, -0.2) is 59.2 Å². The van der Waals surface area contributed by atoms with Gasteiger partial charge in [-0.15, -0.1) is 0 Å². The van der Waals surface area contributed by atoms with E-state index in [9.17, 15) is 13.2 Å². The molecule has 1 amide bonds. The highest BCUT2D eigenvalue weighted by Gasteiger charge is 2.32. The number of amides is 1. The Kier molecular flexibility index (Phi) is 6.94. The maximum Gasteiger partial charge on any atom is 0.243 e. The van der Waals surface area contributed by atoms with E-state index in [-0.39, 0.29) is 29.8 Å². The Labute approximate surface area is 193 Å². The molecule has 4 rings (SSSR count). The molecule has 1 fully saturated rings. The molecule has 1 N–H and O–H groups in total. The zero-order valence-corrected chi connectivity index (χ0v) is 19.5. The number of fused-ring (bicyclic) bond motifs is 1. The zero-order valence-electron chi connectivity index (χ0n) is 18.7. The van der Waals surface area contributed by atoms with E-state index in [1.54, 1.807) is 26.4 Å².